The molecule has 0 heterocycles. The third kappa shape index (κ3) is 18.1. The molecule has 0 saturated heterocycles. The maximum absolute atomic E-state index is 4.64. The molecule has 0 atom stereocenters. The van der Waals surface area contributed by atoms with E-state index in [0.717, 1.165) is 8.97 Å². The van der Waals surface area contributed by atoms with E-state index in [1.54, 1.807) is 0 Å². The molecule has 108 valence electrons. The summed E-state index contributed by atoms with van der Waals surface area (Å²) >= 11 is 4.64. The Kier molecular flexibility index (Phi) is 13.5. The smallest absolute Gasteiger partial charge is 0.132 e. The van der Waals surface area contributed by atoms with Crippen LogP contribution in [0.2, 0.25) is 0 Å². The molecule has 0 aromatic heterocycles. The van der Waals surface area contributed by atoms with Crippen LogP contribution in [0.25, 0.3) is 0 Å². The minimum Gasteiger partial charge on any atom is -0.333 e. The molecule has 0 aliphatic carbocycles. The summed E-state index contributed by atoms with van der Waals surface area (Å²) in [7, 11) is 15.0. The molecule has 0 fully saturated rings. The molecule has 0 radical (unpaired) electrons. The predicted molar refractivity (Wildman–Crippen MR) is 89.0 cm³/mol. The highest BCUT2D eigenvalue weighted by Gasteiger charge is 2.08. The molecule has 0 aliphatic heterocycles. The zero-order valence-corrected chi connectivity index (χ0v) is 14.6. The molecule has 0 spiro atoms. The highest BCUT2D eigenvalue weighted by Crippen LogP contribution is 2.14. The lowest BCUT2D eigenvalue weighted by Gasteiger charge is -2.22. The third-order valence-corrected chi connectivity index (χ3v) is 1.53. The van der Waals surface area contributed by atoms with Gasteiger partial charge in [-0.15, -0.1) is 24.0 Å². The van der Waals surface area contributed by atoms with Gasteiger partial charge in [-0.2, -0.15) is 0 Å². The van der Waals surface area contributed by atoms with Gasteiger partial charge < -0.3 is 4.48 Å². The van der Waals surface area contributed by atoms with Crippen molar-refractivity contribution < 1.29 is 4.48 Å². The van der Waals surface area contributed by atoms with E-state index in [1.165, 1.54) is 12.1 Å². The van der Waals surface area contributed by atoms with Crippen molar-refractivity contribution in [3.05, 3.63) is 30.3 Å². The summed E-state index contributed by atoms with van der Waals surface area (Å²) in [4.78, 5) is 0. The van der Waals surface area contributed by atoms with Crippen molar-refractivity contribution in [2.24, 2.45) is 0 Å². The Balaban J connectivity index is -0.000000243. The fourth-order valence-corrected chi connectivity index (χ4v) is 0.875. The molecule has 0 bridgehead atoms. The van der Waals surface area contributed by atoms with Gasteiger partial charge in [0.1, 0.15) is 5.69 Å². The van der Waals surface area contributed by atoms with Crippen LogP contribution in [0.4, 0.5) is 5.69 Å². The third-order valence-electron chi connectivity index (χ3n) is 1.53. The summed E-state index contributed by atoms with van der Waals surface area (Å²) in [6.07, 6.45) is 1.47. The first-order valence-electron chi connectivity index (χ1n) is 5.64. The zero-order chi connectivity index (χ0) is 14.1. The molecule has 18 heavy (non-hydrogen) atoms. The van der Waals surface area contributed by atoms with Crippen molar-refractivity contribution in [1.82, 2.24) is 4.48 Å². The largest absolute Gasteiger partial charge is 0.333 e. The molecule has 1 aromatic carbocycles. The average molecular weight is 297 g/mol. The fourth-order valence-electron chi connectivity index (χ4n) is 0.875. The number of alkyl halides is 1. The molecular formula is C14H30Cl2N2+2. The number of benzene rings is 1. The van der Waals surface area contributed by atoms with Crippen molar-refractivity contribution in [2.75, 3.05) is 55.7 Å². The predicted octanol–water partition coefficient (Wildman–Crippen LogP) is 3.48. The highest BCUT2D eigenvalue weighted by molar-refractivity contribution is 6.15. The molecule has 2 nitrogen and oxygen atoms in total. The maximum atomic E-state index is 4.64. The van der Waals surface area contributed by atoms with E-state index < -0.39 is 0 Å². The molecular weight excluding hydrogens is 267 g/mol. The van der Waals surface area contributed by atoms with Crippen LogP contribution in [-0.2, 0) is 0 Å². The second-order valence-corrected chi connectivity index (χ2v) is 6.03. The van der Waals surface area contributed by atoms with Gasteiger partial charge >= 0.3 is 0 Å². The first-order chi connectivity index (χ1) is 7.61. The molecule has 1 rings (SSSR count). The first kappa shape index (κ1) is 22.9. The van der Waals surface area contributed by atoms with Gasteiger partial charge in [-0.1, -0.05) is 18.2 Å². The van der Waals surface area contributed by atoms with Crippen molar-refractivity contribution in [2.45, 2.75) is 0 Å². The number of halogens is 2. The highest BCUT2D eigenvalue weighted by atomic mass is 35.5. The summed E-state index contributed by atoms with van der Waals surface area (Å²) in [5.41, 5.74) is 1.34. The topological polar surface area (TPSA) is 0 Å². The number of nitrogens with zero attached hydrogens (tertiary/aromatic N) is 2. The van der Waals surface area contributed by atoms with Gasteiger partial charge in [0.25, 0.3) is 0 Å². The van der Waals surface area contributed by atoms with E-state index in [0.29, 0.717) is 0 Å². The summed E-state index contributed by atoms with van der Waals surface area (Å²) in [6.45, 7) is 0. The van der Waals surface area contributed by atoms with Crippen molar-refractivity contribution in [3.8, 4) is 0 Å². The molecule has 0 N–H and O–H groups in total. The Labute approximate surface area is 125 Å². The number of hydrogen-bond acceptors (Lipinski definition) is 0. The van der Waals surface area contributed by atoms with E-state index in [9.17, 15) is 0 Å². The molecule has 0 aliphatic rings. The quantitative estimate of drug-likeness (QED) is 0.550. The summed E-state index contributed by atoms with van der Waals surface area (Å²) in [5, 5.41) is 0. The standard InChI is InChI=1S/C9H14N.C4H12N.CH3Cl.ClH/c1-10(2,3)9-7-5-4-6-8-9;1-5(2,3)4;1-2;/h4-8H,1-3H3;1-4H3;1H3;1H/q2*+1;;. The van der Waals surface area contributed by atoms with Crippen molar-refractivity contribution in [1.29, 1.82) is 0 Å². The lowest BCUT2D eigenvalue weighted by Crippen LogP contribution is -2.34. The van der Waals surface area contributed by atoms with Gasteiger partial charge in [-0.05, 0) is 12.1 Å². The maximum Gasteiger partial charge on any atom is 0.132 e. The van der Waals surface area contributed by atoms with Crippen LogP contribution >= 0.6 is 24.0 Å². The Bertz CT molecular complexity index is 268. The molecule has 0 amide bonds. The van der Waals surface area contributed by atoms with Gasteiger partial charge in [0.05, 0.1) is 49.3 Å². The average Bonchev–Trinajstić information content (AvgIpc) is 2.18. The van der Waals surface area contributed by atoms with E-state index in [-0.39, 0.29) is 12.4 Å². The van der Waals surface area contributed by atoms with Gasteiger partial charge in [-0.25, -0.2) is 0 Å². The number of hydrogen-bond donors (Lipinski definition) is 0. The monoisotopic (exact) mass is 296 g/mol. The van der Waals surface area contributed by atoms with Crippen LogP contribution in [0.1, 0.15) is 0 Å². The van der Waals surface area contributed by atoms with Crippen LogP contribution in [0, 0.1) is 0 Å². The van der Waals surface area contributed by atoms with Gasteiger partial charge in [0.15, 0.2) is 0 Å². The first-order valence-corrected chi connectivity index (χ1v) is 6.40. The second-order valence-electron chi connectivity index (χ2n) is 6.03. The SMILES string of the molecule is CCl.C[N+](C)(C)C.C[N+](C)(C)c1ccccc1.Cl. The Morgan fingerprint density at radius 2 is 1.00 bits per heavy atom. The van der Waals surface area contributed by atoms with Crippen LogP contribution in [-0.4, -0.2) is 60.2 Å². The van der Waals surface area contributed by atoms with E-state index in [1.807, 2.05) is 6.07 Å². The lowest BCUT2D eigenvalue weighted by atomic mass is 10.3. The summed E-state index contributed by atoms with van der Waals surface area (Å²) in [5.74, 6) is 0. The fraction of sp³-hybridized carbons (Fsp3) is 0.571. The summed E-state index contributed by atoms with van der Waals surface area (Å²) < 4.78 is 1.89. The van der Waals surface area contributed by atoms with Crippen molar-refractivity contribution >= 4 is 29.7 Å². The molecule has 0 unspecified atom stereocenters. The number of para-hydroxylation sites is 1. The Morgan fingerprint density at radius 3 is 1.17 bits per heavy atom. The Morgan fingerprint density at radius 1 is 0.722 bits per heavy atom. The summed E-state index contributed by atoms with van der Waals surface area (Å²) in [6, 6.07) is 10.5. The van der Waals surface area contributed by atoms with Gasteiger partial charge in [0, 0.05) is 6.38 Å². The minimum absolute atomic E-state index is 0. The molecule has 4 heteroatoms. The van der Waals surface area contributed by atoms with Crippen molar-refractivity contribution in [3.63, 3.8) is 0 Å². The molecule has 0 saturated carbocycles. The van der Waals surface area contributed by atoms with E-state index in [2.05, 4.69) is 85.2 Å². The normalized spacial score (nSPS) is 10.1. The zero-order valence-electron chi connectivity index (χ0n) is 13.1. The van der Waals surface area contributed by atoms with E-state index >= 15 is 0 Å². The van der Waals surface area contributed by atoms with Crippen LogP contribution in [0.5, 0.6) is 0 Å². The van der Waals surface area contributed by atoms with Gasteiger partial charge in [0.2, 0.25) is 0 Å². The second kappa shape index (κ2) is 10.6. The van der Waals surface area contributed by atoms with Crippen LogP contribution in [0.3, 0.4) is 0 Å². The Hall–Kier alpha value is -0.280. The van der Waals surface area contributed by atoms with Crippen LogP contribution < -0.4 is 4.48 Å². The molecule has 1 aromatic rings. The number of rotatable bonds is 1. The van der Waals surface area contributed by atoms with Crippen LogP contribution in [0.15, 0.2) is 30.3 Å². The lowest BCUT2D eigenvalue weighted by molar-refractivity contribution is -0.849. The minimum atomic E-state index is 0. The number of quaternary nitrogens is 2. The van der Waals surface area contributed by atoms with Gasteiger partial charge in [-0.3, -0.25) is 4.48 Å². The van der Waals surface area contributed by atoms with E-state index in [4.69, 9.17) is 0 Å².